The summed E-state index contributed by atoms with van der Waals surface area (Å²) in [5, 5.41) is 2.98. The van der Waals surface area contributed by atoms with E-state index in [4.69, 9.17) is 0 Å². The van der Waals surface area contributed by atoms with E-state index in [1.54, 1.807) is 0 Å². The van der Waals surface area contributed by atoms with Crippen LogP contribution in [0, 0.1) is 12.7 Å². The zero-order valence-corrected chi connectivity index (χ0v) is 12.0. The van der Waals surface area contributed by atoms with Crippen molar-refractivity contribution < 1.29 is 4.39 Å². The van der Waals surface area contributed by atoms with Gasteiger partial charge in [0.15, 0.2) is 11.6 Å². The van der Waals surface area contributed by atoms with Gasteiger partial charge in [-0.25, -0.2) is 19.3 Å². The van der Waals surface area contributed by atoms with Gasteiger partial charge in [0, 0.05) is 12.4 Å². The van der Waals surface area contributed by atoms with Gasteiger partial charge < -0.3 is 9.72 Å². The molecule has 108 valence electrons. The third-order valence-electron chi connectivity index (χ3n) is 3.36. The number of nitrogens with one attached hydrogen (secondary N) is 1. The van der Waals surface area contributed by atoms with Gasteiger partial charge in [-0.05, 0) is 25.0 Å². The number of pyridine rings is 1. The fourth-order valence-corrected chi connectivity index (χ4v) is 2.24. The lowest BCUT2D eigenvalue weighted by Crippen LogP contribution is -2.07. The first-order valence-electron chi connectivity index (χ1n) is 6.85. The third-order valence-corrected chi connectivity index (χ3v) is 3.36. The Hall–Kier alpha value is -2.50. The summed E-state index contributed by atoms with van der Waals surface area (Å²) in [6.07, 6.45) is 5.78. The van der Waals surface area contributed by atoms with Crippen molar-refractivity contribution in [2.24, 2.45) is 0 Å². The first-order valence-corrected chi connectivity index (χ1v) is 6.85. The average molecular weight is 285 g/mol. The Labute approximate surface area is 121 Å². The molecule has 5 nitrogen and oxygen atoms in total. The van der Waals surface area contributed by atoms with E-state index in [1.165, 1.54) is 6.33 Å². The second-order valence-corrected chi connectivity index (χ2v) is 4.84. The van der Waals surface area contributed by atoms with Crippen LogP contribution in [0.4, 0.5) is 10.2 Å². The number of halogens is 1. The van der Waals surface area contributed by atoms with Crippen molar-refractivity contribution >= 4 is 11.5 Å². The monoisotopic (exact) mass is 285 g/mol. The summed E-state index contributed by atoms with van der Waals surface area (Å²) in [6.45, 7) is 4.29. The maximum atomic E-state index is 14.0. The van der Waals surface area contributed by atoms with E-state index in [1.807, 2.05) is 42.8 Å². The summed E-state index contributed by atoms with van der Waals surface area (Å²) in [7, 11) is 0. The van der Waals surface area contributed by atoms with Gasteiger partial charge >= 0.3 is 0 Å². The van der Waals surface area contributed by atoms with Crippen LogP contribution in [0.2, 0.25) is 0 Å². The van der Waals surface area contributed by atoms with E-state index >= 15 is 0 Å². The third kappa shape index (κ3) is 2.56. The SMILES string of the molecule is CCc1ncnc(NCc2cn3cccc(C)c3n2)c1F. The topological polar surface area (TPSA) is 55.1 Å². The number of hydrogen-bond acceptors (Lipinski definition) is 4. The maximum absolute atomic E-state index is 14.0. The van der Waals surface area contributed by atoms with Gasteiger partial charge in [-0.3, -0.25) is 0 Å². The molecule has 3 aromatic rings. The van der Waals surface area contributed by atoms with Crippen LogP contribution in [0.25, 0.3) is 5.65 Å². The number of hydrogen-bond donors (Lipinski definition) is 1. The van der Waals surface area contributed by atoms with Crippen LogP contribution < -0.4 is 5.32 Å². The molecule has 0 aliphatic rings. The average Bonchev–Trinajstić information content (AvgIpc) is 2.91. The number of imidazole rings is 1. The Balaban J connectivity index is 1.82. The molecular weight excluding hydrogens is 269 g/mol. The largest absolute Gasteiger partial charge is 0.362 e. The molecule has 3 rings (SSSR count). The molecule has 0 bridgehead atoms. The van der Waals surface area contributed by atoms with Gasteiger partial charge in [-0.1, -0.05) is 13.0 Å². The van der Waals surface area contributed by atoms with Gasteiger partial charge in [-0.15, -0.1) is 0 Å². The normalized spacial score (nSPS) is 11.0. The standard InChI is InChI=1S/C15H16FN5/c1-3-12-13(16)14(19-9-18-12)17-7-11-8-21-6-4-5-10(2)15(21)20-11/h4-6,8-9H,3,7H2,1-2H3,(H,17,18,19). The molecule has 3 aromatic heterocycles. The molecule has 0 aromatic carbocycles. The lowest BCUT2D eigenvalue weighted by Gasteiger charge is -2.06. The van der Waals surface area contributed by atoms with E-state index in [-0.39, 0.29) is 11.6 Å². The van der Waals surface area contributed by atoms with Crippen molar-refractivity contribution in [1.82, 2.24) is 19.4 Å². The highest BCUT2D eigenvalue weighted by molar-refractivity contribution is 5.48. The summed E-state index contributed by atoms with van der Waals surface area (Å²) in [5.41, 5.74) is 3.26. The Morgan fingerprint density at radius 3 is 2.95 bits per heavy atom. The molecule has 0 atom stereocenters. The number of anilines is 1. The summed E-state index contributed by atoms with van der Waals surface area (Å²) >= 11 is 0. The molecule has 0 spiro atoms. The molecule has 0 aliphatic heterocycles. The van der Waals surface area contributed by atoms with Gasteiger partial charge in [0.2, 0.25) is 0 Å². The summed E-state index contributed by atoms with van der Waals surface area (Å²) in [5.74, 6) is -0.171. The van der Waals surface area contributed by atoms with Crippen molar-refractivity contribution in [2.75, 3.05) is 5.32 Å². The molecule has 6 heteroatoms. The Bertz CT molecular complexity index is 781. The predicted molar refractivity (Wildman–Crippen MR) is 78.6 cm³/mol. The predicted octanol–water partition coefficient (Wildman–Crippen LogP) is 2.75. The highest BCUT2D eigenvalue weighted by atomic mass is 19.1. The highest BCUT2D eigenvalue weighted by Gasteiger charge is 2.10. The van der Waals surface area contributed by atoms with Gasteiger partial charge in [0.25, 0.3) is 0 Å². The van der Waals surface area contributed by atoms with Crippen molar-refractivity contribution in [3.05, 3.63) is 53.6 Å². The summed E-state index contributed by atoms with van der Waals surface area (Å²) in [4.78, 5) is 12.4. The minimum atomic E-state index is -0.389. The van der Waals surface area contributed by atoms with E-state index in [0.29, 0.717) is 18.7 Å². The molecule has 0 unspecified atom stereocenters. The van der Waals surface area contributed by atoms with Crippen molar-refractivity contribution in [1.29, 1.82) is 0 Å². The second-order valence-electron chi connectivity index (χ2n) is 4.84. The number of fused-ring (bicyclic) bond motifs is 1. The van der Waals surface area contributed by atoms with Crippen LogP contribution in [0.1, 0.15) is 23.9 Å². The van der Waals surface area contributed by atoms with E-state index in [9.17, 15) is 4.39 Å². The van der Waals surface area contributed by atoms with Crippen LogP contribution in [0.5, 0.6) is 0 Å². The lowest BCUT2D eigenvalue weighted by molar-refractivity contribution is 0.596. The molecule has 0 amide bonds. The molecule has 0 fully saturated rings. The second kappa shape index (κ2) is 5.47. The first kappa shape index (κ1) is 13.5. The minimum Gasteiger partial charge on any atom is -0.362 e. The summed E-state index contributed by atoms with van der Waals surface area (Å²) in [6, 6.07) is 3.98. The van der Waals surface area contributed by atoms with Crippen LogP contribution in [-0.4, -0.2) is 19.4 Å². The van der Waals surface area contributed by atoms with Crippen LogP contribution >= 0.6 is 0 Å². The number of nitrogens with zero attached hydrogens (tertiary/aromatic N) is 4. The van der Waals surface area contributed by atoms with Crippen molar-refractivity contribution in [3.8, 4) is 0 Å². The fraction of sp³-hybridized carbons (Fsp3) is 0.267. The van der Waals surface area contributed by atoms with Crippen molar-refractivity contribution in [2.45, 2.75) is 26.8 Å². The molecule has 0 saturated heterocycles. The van der Waals surface area contributed by atoms with Crippen LogP contribution in [0.3, 0.4) is 0 Å². The molecule has 21 heavy (non-hydrogen) atoms. The summed E-state index contributed by atoms with van der Waals surface area (Å²) < 4.78 is 16.0. The van der Waals surface area contributed by atoms with Crippen molar-refractivity contribution in [3.63, 3.8) is 0 Å². The fourth-order valence-electron chi connectivity index (χ4n) is 2.24. The minimum absolute atomic E-state index is 0.218. The Kier molecular flexibility index (Phi) is 3.51. The zero-order valence-electron chi connectivity index (χ0n) is 12.0. The zero-order chi connectivity index (χ0) is 14.8. The van der Waals surface area contributed by atoms with Gasteiger partial charge in [-0.2, -0.15) is 0 Å². The smallest absolute Gasteiger partial charge is 0.186 e. The van der Waals surface area contributed by atoms with E-state index in [2.05, 4.69) is 20.3 Å². The van der Waals surface area contributed by atoms with E-state index in [0.717, 1.165) is 16.9 Å². The molecule has 0 radical (unpaired) electrons. The molecule has 0 aliphatic carbocycles. The maximum Gasteiger partial charge on any atom is 0.186 e. The first-order chi connectivity index (χ1) is 10.2. The quantitative estimate of drug-likeness (QED) is 0.801. The number of aryl methyl sites for hydroxylation is 2. The van der Waals surface area contributed by atoms with Gasteiger partial charge in [0.1, 0.15) is 12.0 Å². The highest BCUT2D eigenvalue weighted by Crippen LogP contribution is 2.15. The van der Waals surface area contributed by atoms with Crippen LogP contribution in [-0.2, 0) is 13.0 Å². The van der Waals surface area contributed by atoms with Gasteiger partial charge in [0.05, 0.1) is 17.9 Å². The Morgan fingerprint density at radius 1 is 1.33 bits per heavy atom. The van der Waals surface area contributed by atoms with Crippen LogP contribution in [0.15, 0.2) is 30.9 Å². The van der Waals surface area contributed by atoms with E-state index < -0.39 is 0 Å². The Morgan fingerprint density at radius 2 is 2.19 bits per heavy atom. The number of aromatic nitrogens is 4. The molecule has 0 saturated carbocycles. The molecular formula is C15H16FN5. The lowest BCUT2D eigenvalue weighted by atomic mass is 10.3. The number of rotatable bonds is 4. The molecule has 3 heterocycles. The molecule has 1 N–H and O–H groups in total.